The van der Waals surface area contributed by atoms with Crippen LogP contribution in [-0.2, 0) is 4.79 Å². The van der Waals surface area contributed by atoms with Crippen molar-refractivity contribution in [3.8, 4) is 0 Å². The normalized spacial score (nSPS) is 15.7. The molecule has 4 heteroatoms. The average Bonchev–Trinajstić information content (AvgIpc) is 3.29. The van der Waals surface area contributed by atoms with Crippen LogP contribution >= 0.6 is 0 Å². The first kappa shape index (κ1) is 15.3. The van der Waals surface area contributed by atoms with Gasteiger partial charge in [-0.2, -0.15) is 0 Å². The van der Waals surface area contributed by atoms with Crippen LogP contribution in [0.1, 0.15) is 49.0 Å². The Balaban J connectivity index is 1.89. The van der Waals surface area contributed by atoms with E-state index >= 15 is 0 Å². The number of carbonyl (C=O) groups is 2. The fraction of sp³-hybridized carbons (Fsp3) is 0.412. The van der Waals surface area contributed by atoms with Crippen molar-refractivity contribution >= 4 is 17.9 Å². The van der Waals surface area contributed by atoms with Crippen LogP contribution < -0.4 is 10.6 Å². The van der Waals surface area contributed by atoms with E-state index in [1.165, 1.54) is 6.08 Å². The Morgan fingerprint density at radius 2 is 1.95 bits per heavy atom. The van der Waals surface area contributed by atoms with Gasteiger partial charge >= 0.3 is 0 Å². The van der Waals surface area contributed by atoms with Crippen molar-refractivity contribution in [2.75, 3.05) is 0 Å². The molecule has 0 aromatic heterocycles. The minimum atomic E-state index is -0.0973. The lowest BCUT2D eigenvalue weighted by Gasteiger charge is -2.08. The van der Waals surface area contributed by atoms with Gasteiger partial charge in [0.25, 0.3) is 5.91 Å². The molecule has 2 N–H and O–H groups in total. The first-order chi connectivity index (χ1) is 10.1. The lowest BCUT2D eigenvalue weighted by Crippen LogP contribution is -2.30. The second-order valence-corrected chi connectivity index (χ2v) is 5.52. The number of nitrogens with one attached hydrogen (secondary N) is 2. The number of rotatable bonds is 6. The SMILES string of the molecule is CCC(C)NC(=O)C=Cc1ccc(C(=O)NC2CC2)cc1. The summed E-state index contributed by atoms with van der Waals surface area (Å²) >= 11 is 0. The van der Waals surface area contributed by atoms with Gasteiger partial charge in [-0.3, -0.25) is 9.59 Å². The van der Waals surface area contributed by atoms with Crippen molar-refractivity contribution in [1.29, 1.82) is 0 Å². The van der Waals surface area contributed by atoms with Gasteiger partial charge < -0.3 is 10.6 Å². The topological polar surface area (TPSA) is 58.2 Å². The van der Waals surface area contributed by atoms with Gasteiger partial charge in [0, 0.05) is 23.7 Å². The molecule has 1 fully saturated rings. The van der Waals surface area contributed by atoms with Gasteiger partial charge in [-0.05, 0) is 50.0 Å². The molecule has 1 aromatic carbocycles. The summed E-state index contributed by atoms with van der Waals surface area (Å²) in [5.74, 6) is -0.123. The molecule has 0 radical (unpaired) electrons. The van der Waals surface area contributed by atoms with E-state index in [1.54, 1.807) is 18.2 Å². The van der Waals surface area contributed by atoms with Gasteiger partial charge in [0.1, 0.15) is 0 Å². The predicted molar refractivity (Wildman–Crippen MR) is 83.9 cm³/mol. The molecule has 21 heavy (non-hydrogen) atoms. The Morgan fingerprint density at radius 3 is 2.52 bits per heavy atom. The number of hydrogen-bond acceptors (Lipinski definition) is 2. The van der Waals surface area contributed by atoms with Crippen LogP contribution in [0.15, 0.2) is 30.3 Å². The van der Waals surface area contributed by atoms with E-state index in [-0.39, 0.29) is 17.9 Å². The highest BCUT2D eigenvalue weighted by Gasteiger charge is 2.23. The van der Waals surface area contributed by atoms with E-state index in [1.807, 2.05) is 26.0 Å². The summed E-state index contributed by atoms with van der Waals surface area (Å²) < 4.78 is 0. The standard InChI is InChI=1S/C17H22N2O2/c1-3-12(2)18-16(20)11-6-13-4-7-14(8-5-13)17(21)19-15-9-10-15/h4-8,11-12,15H,3,9-10H2,1-2H3,(H,18,20)(H,19,21). The fourth-order valence-corrected chi connectivity index (χ4v) is 1.81. The molecule has 0 saturated heterocycles. The maximum atomic E-state index is 11.8. The van der Waals surface area contributed by atoms with Crippen LogP contribution in [-0.4, -0.2) is 23.9 Å². The van der Waals surface area contributed by atoms with Crippen LogP contribution in [0, 0.1) is 0 Å². The van der Waals surface area contributed by atoms with E-state index in [4.69, 9.17) is 0 Å². The summed E-state index contributed by atoms with van der Waals surface area (Å²) in [5, 5.41) is 5.81. The second kappa shape index (κ2) is 7.07. The maximum Gasteiger partial charge on any atom is 0.251 e. The average molecular weight is 286 g/mol. The fourth-order valence-electron chi connectivity index (χ4n) is 1.81. The molecule has 0 bridgehead atoms. The molecular formula is C17H22N2O2. The minimum absolute atomic E-state index is 0.0254. The van der Waals surface area contributed by atoms with Crippen molar-refractivity contribution in [2.45, 2.75) is 45.2 Å². The lowest BCUT2D eigenvalue weighted by atomic mass is 10.1. The van der Waals surface area contributed by atoms with Crippen molar-refractivity contribution < 1.29 is 9.59 Å². The second-order valence-electron chi connectivity index (χ2n) is 5.52. The van der Waals surface area contributed by atoms with Crippen LogP contribution in [0.25, 0.3) is 6.08 Å². The predicted octanol–water partition coefficient (Wildman–Crippen LogP) is 2.51. The molecule has 1 unspecified atom stereocenters. The van der Waals surface area contributed by atoms with Crippen LogP contribution in [0.2, 0.25) is 0 Å². The summed E-state index contributed by atoms with van der Waals surface area (Å²) in [5.41, 5.74) is 1.56. The smallest absolute Gasteiger partial charge is 0.251 e. The number of amides is 2. The zero-order chi connectivity index (χ0) is 15.2. The Labute approximate surface area is 125 Å². The summed E-state index contributed by atoms with van der Waals surface area (Å²) in [6.45, 7) is 4.00. The first-order valence-corrected chi connectivity index (χ1v) is 7.48. The van der Waals surface area contributed by atoms with Crippen molar-refractivity contribution in [1.82, 2.24) is 10.6 Å². The molecule has 4 nitrogen and oxygen atoms in total. The van der Waals surface area contributed by atoms with Gasteiger partial charge in [-0.1, -0.05) is 19.1 Å². The molecule has 2 amide bonds. The van der Waals surface area contributed by atoms with Crippen molar-refractivity contribution in [3.05, 3.63) is 41.5 Å². The molecule has 1 aliphatic carbocycles. The van der Waals surface area contributed by atoms with Crippen LogP contribution in [0.5, 0.6) is 0 Å². The molecule has 1 saturated carbocycles. The molecule has 1 atom stereocenters. The van der Waals surface area contributed by atoms with E-state index in [0.29, 0.717) is 11.6 Å². The summed E-state index contributed by atoms with van der Waals surface area (Å²) in [6.07, 6.45) is 6.34. The highest BCUT2D eigenvalue weighted by Crippen LogP contribution is 2.19. The molecule has 2 rings (SSSR count). The van der Waals surface area contributed by atoms with E-state index in [9.17, 15) is 9.59 Å². The summed E-state index contributed by atoms with van der Waals surface area (Å²) in [7, 11) is 0. The Kier molecular flexibility index (Phi) is 5.14. The van der Waals surface area contributed by atoms with Gasteiger partial charge in [-0.25, -0.2) is 0 Å². The zero-order valence-corrected chi connectivity index (χ0v) is 12.6. The van der Waals surface area contributed by atoms with E-state index in [2.05, 4.69) is 10.6 Å². The molecular weight excluding hydrogens is 264 g/mol. The molecule has 1 aliphatic rings. The first-order valence-electron chi connectivity index (χ1n) is 7.48. The third-order valence-corrected chi connectivity index (χ3v) is 3.51. The van der Waals surface area contributed by atoms with Crippen LogP contribution in [0.4, 0.5) is 0 Å². The third kappa shape index (κ3) is 5.06. The molecule has 0 spiro atoms. The third-order valence-electron chi connectivity index (χ3n) is 3.51. The highest BCUT2D eigenvalue weighted by molar-refractivity contribution is 5.95. The monoisotopic (exact) mass is 286 g/mol. The lowest BCUT2D eigenvalue weighted by molar-refractivity contribution is -0.117. The molecule has 0 aliphatic heterocycles. The van der Waals surface area contributed by atoms with Gasteiger partial charge in [0.2, 0.25) is 5.91 Å². The zero-order valence-electron chi connectivity index (χ0n) is 12.6. The number of benzene rings is 1. The largest absolute Gasteiger partial charge is 0.350 e. The molecule has 0 heterocycles. The minimum Gasteiger partial charge on any atom is -0.350 e. The molecule has 112 valence electrons. The molecule has 1 aromatic rings. The summed E-state index contributed by atoms with van der Waals surface area (Å²) in [6, 6.07) is 7.79. The quantitative estimate of drug-likeness (QED) is 0.789. The Morgan fingerprint density at radius 1 is 1.29 bits per heavy atom. The van der Waals surface area contributed by atoms with Crippen LogP contribution in [0.3, 0.4) is 0 Å². The van der Waals surface area contributed by atoms with E-state index < -0.39 is 0 Å². The van der Waals surface area contributed by atoms with Gasteiger partial charge in [-0.15, -0.1) is 0 Å². The van der Waals surface area contributed by atoms with E-state index in [0.717, 1.165) is 24.8 Å². The van der Waals surface area contributed by atoms with Gasteiger partial charge in [0.05, 0.1) is 0 Å². The van der Waals surface area contributed by atoms with Crippen molar-refractivity contribution in [2.24, 2.45) is 0 Å². The van der Waals surface area contributed by atoms with Gasteiger partial charge in [0.15, 0.2) is 0 Å². The maximum absolute atomic E-state index is 11.8. The highest BCUT2D eigenvalue weighted by atomic mass is 16.2. The number of carbonyl (C=O) groups excluding carboxylic acids is 2. The Bertz CT molecular complexity index is 530. The summed E-state index contributed by atoms with van der Waals surface area (Å²) in [4.78, 5) is 23.5. The Hall–Kier alpha value is -2.10. The number of hydrogen-bond donors (Lipinski definition) is 2. The van der Waals surface area contributed by atoms with Crippen molar-refractivity contribution in [3.63, 3.8) is 0 Å².